The normalized spacial score (nSPS) is 18.2. The first-order valence-corrected chi connectivity index (χ1v) is 6.33. The quantitative estimate of drug-likeness (QED) is 0.780. The molecule has 4 nitrogen and oxygen atoms in total. The van der Waals surface area contributed by atoms with Crippen LogP contribution in [-0.4, -0.2) is 38.1 Å². The number of ether oxygens (including phenoxy) is 2. The molecule has 0 aromatic heterocycles. The molecule has 1 amide bonds. The number of methoxy groups -OCH3 is 2. The van der Waals surface area contributed by atoms with Crippen LogP contribution in [0.15, 0.2) is 30.9 Å². The lowest BCUT2D eigenvalue weighted by Gasteiger charge is -2.16. The highest BCUT2D eigenvalue weighted by Gasteiger charge is 2.26. The standard InChI is InChI=1S/C15H19NO3/c1-4-15(17)16-8-7-12(10-16)11-5-6-13(18-2)14(9-11)19-3/h4-6,9,12H,1,7-8,10H2,2-3H3. The van der Waals surface area contributed by atoms with Gasteiger partial charge in [-0.2, -0.15) is 0 Å². The molecule has 1 aromatic carbocycles. The molecular formula is C15H19NO3. The van der Waals surface area contributed by atoms with Crippen molar-refractivity contribution in [2.75, 3.05) is 27.3 Å². The van der Waals surface area contributed by atoms with Gasteiger partial charge in [-0.1, -0.05) is 12.6 Å². The van der Waals surface area contributed by atoms with Crippen LogP contribution in [0, 0.1) is 0 Å². The van der Waals surface area contributed by atoms with Crippen molar-refractivity contribution >= 4 is 5.91 Å². The summed E-state index contributed by atoms with van der Waals surface area (Å²) in [4.78, 5) is 13.4. The summed E-state index contributed by atoms with van der Waals surface area (Å²) in [5, 5.41) is 0. The molecule has 0 saturated carbocycles. The van der Waals surface area contributed by atoms with E-state index >= 15 is 0 Å². The Morgan fingerprint density at radius 1 is 1.37 bits per heavy atom. The van der Waals surface area contributed by atoms with Gasteiger partial charge in [0.15, 0.2) is 11.5 Å². The van der Waals surface area contributed by atoms with E-state index in [1.807, 2.05) is 23.1 Å². The molecule has 1 aliphatic heterocycles. The van der Waals surface area contributed by atoms with Gasteiger partial charge in [-0.15, -0.1) is 0 Å². The van der Waals surface area contributed by atoms with Gasteiger partial charge in [-0.3, -0.25) is 4.79 Å². The van der Waals surface area contributed by atoms with Gasteiger partial charge in [-0.05, 0) is 30.2 Å². The Kier molecular flexibility index (Phi) is 4.10. The molecule has 4 heteroatoms. The number of hydrogen-bond donors (Lipinski definition) is 0. The van der Waals surface area contributed by atoms with E-state index in [1.54, 1.807) is 14.2 Å². The summed E-state index contributed by atoms with van der Waals surface area (Å²) in [5.41, 5.74) is 1.18. The topological polar surface area (TPSA) is 38.8 Å². The van der Waals surface area contributed by atoms with Gasteiger partial charge >= 0.3 is 0 Å². The third-order valence-electron chi connectivity index (χ3n) is 3.55. The molecule has 102 valence electrons. The number of likely N-dealkylation sites (tertiary alicyclic amines) is 1. The lowest BCUT2D eigenvalue weighted by atomic mass is 9.98. The Hall–Kier alpha value is -1.97. The van der Waals surface area contributed by atoms with Gasteiger partial charge in [-0.25, -0.2) is 0 Å². The summed E-state index contributed by atoms with van der Waals surface area (Å²) in [6, 6.07) is 5.94. The predicted octanol–water partition coefficient (Wildman–Crippen LogP) is 2.21. The molecule has 0 bridgehead atoms. The molecule has 1 saturated heterocycles. The first kappa shape index (κ1) is 13.5. The molecule has 2 rings (SSSR count). The summed E-state index contributed by atoms with van der Waals surface area (Å²) in [7, 11) is 3.25. The highest BCUT2D eigenvalue weighted by atomic mass is 16.5. The van der Waals surface area contributed by atoms with Crippen molar-refractivity contribution in [1.29, 1.82) is 0 Å². The van der Waals surface area contributed by atoms with E-state index in [0.29, 0.717) is 5.92 Å². The minimum atomic E-state index is 0.00276. The molecule has 1 atom stereocenters. The van der Waals surface area contributed by atoms with Gasteiger partial charge < -0.3 is 14.4 Å². The van der Waals surface area contributed by atoms with Crippen molar-refractivity contribution in [2.45, 2.75) is 12.3 Å². The Morgan fingerprint density at radius 2 is 2.11 bits per heavy atom. The number of amides is 1. The zero-order chi connectivity index (χ0) is 13.8. The summed E-state index contributed by atoms with van der Waals surface area (Å²) in [5.74, 6) is 1.81. The molecule has 1 aromatic rings. The Morgan fingerprint density at radius 3 is 2.74 bits per heavy atom. The van der Waals surface area contributed by atoms with Crippen LogP contribution in [-0.2, 0) is 4.79 Å². The summed E-state index contributed by atoms with van der Waals surface area (Å²) >= 11 is 0. The monoisotopic (exact) mass is 261 g/mol. The number of nitrogens with zero attached hydrogens (tertiary/aromatic N) is 1. The zero-order valence-corrected chi connectivity index (χ0v) is 11.4. The third kappa shape index (κ3) is 2.72. The number of benzene rings is 1. The van der Waals surface area contributed by atoms with Crippen LogP contribution in [0.2, 0.25) is 0 Å². The fourth-order valence-electron chi connectivity index (χ4n) is 2.47. The molecule has 1 aliphatic rings. The molecule has 1 heterocycles. The SMILES string of the molecule is C=CC(=O)N1CCC(c2ccc(OC)c(OC)c2)C1. The van der Waals surface area contributed by atoms with E-state index in [1.165, 1.54) is 11.6 Å². The molecular weight excluding hydrogens is 242 g/mol. The molecule has 19 heavy (non-hydrogen) atoms. The fourth-order valence-corrected chi connectivity index (χ4v) is 2.47. The van der Waals surface area contributed by atoms with Crippen LogP contribution in [0.3, 0.4) is 0 Å². The largest absolute Gasteiger partial charge is 0.493 e. The Bertz CT molecular complexity index is 484. The highest BCUT2D eigenvalue weighted by Crippen LogP contribution is 2.34. The average molecular weight is 261 g/mol. The number of carbonyl (C=O) groups excluding carboxylic acids is 1. The average Bonchev–Trinajstić information content (AvgIpc) is 2.95. The zero-order valence-electron chi connectivity index (χ0n) is 11.4. The van der Waals surface area contributed by atoms with Gasteiger partial charge in [0.1, 0.15) is 0 Å². The highest BCUT2D eigenvalue weighted by molar-refractivity contribution is 5.87. The van der Waals surface area contributed by atoms with Crippen molar-refractivity contribution in [3.63, 3.8) is 0 Å². The second kappa shape index (κ2) is 5.78. The second-order valence-corrected chi connectivity index (χ2v) is 4.59. The molecule has 1 unspecified atom stereocenters. The van der Waals surface area contributed by atoms with Gasteiger partial charge in [0.2, 0.25) is 5.91 Å². The van der Waals surface area contributed by atoms with Gasteiger partial charge in [0.05, 0.1) is 14.2 Å². The van der Waals surface area contributed by atoms with E-state index in [-0.39, 0.29) is 5.91 Å². The maximum atomic E-state index is 11.6. The van der Waals surface area contributed by atoms with E-state index in [9.17, 15) is 4.79 Å². The number of carbonyl (C=O) groups is 1. The minimum absolute atomic E-state index is 0.00276. The molecule has 0 radical (unpaired) electrons. The van der Waals surface area contributed by atoms with E-state index < -0.39 is 0 Å². The summed E-state index contributed by atoms with van der Waals surface area (Å²) in [6.07, 6.45) is 2.34. The minimum Gasteiger partial charge on any atom is -0.493 e. The van der Waals surface area contributed by atoms with E-state index in [4.69, 9.17) is 9.47 Å². The maximum absolute atomic E-state index is 11.6. The van der Waals surface area contributed by atoms with Crippen molar-refractivity contribution in [3.8, 4) is 11.5 Å². The smallest absolute Gasteiger partial charge is 0.245 e. The van der Waals surface area contributed by atoms with Crippen LogP contribution in [0.25, 0.3) is 0 Å². The van der Waals surface area contributed by atoms with Crippen LogP contribution in [0.5, 0.6) is 11.5 Å². The molecule has 1 fully saturated rings. The van der Waals surface area contributed by atoms with Gasteiger partial charge in [0.25, 0.3) is 0 Å². The van der Waals surface area contributed by atoms with Crippen molar-refractivity contribution < 1.29 is 14.3 Å². The number of hydrogen-bond acceptors (Lipinski definition) is 3. The lowest BCUT2D eigenvalue weighted by molar-refractivity contribution is -0.125. The first-order chi connectivity index (χ1) is 9.19. The first-order valence-electron chi connectivity index (χ1n) is 6.33. The van der Waals surface area contributed by atoms with Crippen LogP contribution in [0.1, 0.15) is 17.9 Å². The van der Waals surface area contributed by atoms with Crippen LogP contribution in [0.4, 0.5) is 0 Å². The van der Waals surface area contributed by atoms with E-state index in [0.717, 1.165) is 31.0 Å². The molecule has 0 aliphatic carbocycles. The van der Waals surface area contributed by atoms with Crippen molar-refractivity contribution in [2.24, 2.45) is 0 Å². The van der Waals surface area contributed by atoms with Crippen LogP contribution < -0.4 is 9.47 Å². The molecule has 0 N–H and O–H groups in total. The lowest BCUT2D eigenvalue weighted by Crippen LogP contribution is -2.26. The number of rotatable bonds is 4. The third-order valence-corrected chi connectivity index (χ3v) is 3.55. The Labute approximate surface area is 113 Å². The maximum Gasteiger partial charge on any atom is 0.245 e. The second-order valence-electron chi connectivity index (χ2n) is 4.59. The summed E-state index contributed by atoms with van der Waals surface area (Å²) in [6.45, 7) is 5.04. The fraction of sp³-hybridized carbons (Fsp3) is 0.400. The van der Waals surface area contributed by atoms with E-state index in [2.05, 4.69) is 6.58 Å². The summed E-state index contributed by atoms with van der Waals surface area (Å²) < 4.78 is 10.5. The predicted molar refractivity (Wildman–Crippen MR) is 73.7 cm³/mol. The van der Waals surface area contributed by atoms with Crippen LogP contribution >= 0.6 is 0 Å². The van der Waals surface area contributed by atoms with Gasteiger partial charge in [0, 0.05) is 19.0 Å². The Balaban J connectivity index is 2.15. The van der Waals surface area contributed by atoms with Crippen molar-refractivity contribution in [3.05, 3.63) is 36.4 Å². The molecule has 0 spiro atoms. The van der Waals surface area contributed by atoms with Crippen molar-refractivity contribution in [1.82, 2.24) is 4.90 Å².